The van der Waals surface area contributed by atoms with Crippen molar-refractivity contribution in [1.82, 2.24) is 9.97 Å². The molecule has 0 spiro atoms. The lowest BCUT2D eigenvalue weighted by molar-refractivity contribution is -0.123. The van der Waals surface area contributed by atoms with E-state index in [4.69, 9.17) is 4.74 Å². The van der Waals surface area contributed by atoms with Gasteiger partial charge in [0.05, 0.1) is 24.3 Å². The average molecular weight is 425 g/mol. The number of carbonyl (C=O) groups excluding carboxylic acids is 2. The Kier molecular flexibility index (Phi) is 5.67. The van der Waals surface area contributed by atoms with Gasteiger partial charge in [-0.25, -0.2) is 0 Å². The van der Waals surface area contributed by atoms with Crippen LogP contribution in [-0.4, -0.2) is 42.0 Å². The molecule has 2 aliphatic heterocycles. The van der Waals surface area contributed by atoms with E-state index in [2.05, 4.69) is 27.5 Å². The van der Waals surface area contributed by atoms with Crippen molar-refractivity contribution in [2.45, 2.75) is 39.0 Å². The van der Waals surface area contributed by atoms with Crippen molar-refractivity contribution in [3.63, 3.8) is 0 Å². The Balaban J connectivity index is 1.66. The van der Waals surface area contributed by atoms with Crippen molar-refractivity contribution in [3.8, 4) is 5.75 Å². The number of nitrogens with one attached hydrogen (secondary N) is 3. The Morgan fingerprint density at radius 2 is 2.13 bits per heavy atom. The summed E-state index contributed by atoms with van der Waals surface area (Å²) in [6.45, 7) is 5.63. The molecular formula is C22H27N5O4. The number of hydrogen-bond donors (Lipinski definition) is 3. The molecule has 1 saturated heterocycles. The van der Waals surface area contributed by atoms with Gasteiger partial charge in [-0.05, 0) is 43.4 Å². The SMILES string of the molecule is COc1ccc(C)cc1NC(=O)C1CC(=O)Nc2nc(N3CCCC(C)C3)[nH]c(=O)c21. The third kappa shape index (κ3) is 4.26. The maximum absolute atomic E-state index is 13.1. The molecule has 1 aromatic carbocycles. The number of ether oxygens (including phenoxy) is 1. The van der Waals surface area contributed by atoms with Gasteiger partial charge in [0.1, 0.15) is 11.6 Å². The lowest BCUT2D eigenvalue weighted by atomic mass is 9.92. The summed E-state index contributed by atoms with van der Waals surface area (Å²) in [5.41, 5.74) is 1.20. The summed E-state index contributed by atoms with van der Waals surface area (Å²) in [5, 5.41) is 5.48. The van der Waals surface area contributed by atoms with Crippen molar-refractivity contribution < 1.29 is 14.3 Å². The van der Waals surface area contributed by atoms with E-state index in [1.807, 2.05) is 17.9 Å². The number of aromatic amines is 1. The molecule has 9 nitrogen and oxygen atoms in total. The highest BCUT2D eigenvalue weighted by Gasteiger charge is 2.35. The van der Waals surface area contributed by atoms with Crippen LogP contribution in [0.4, 0.5) is 17.5 Å². The number of aromatic nitrogens is 2. The number of fused-ring (bicyclic) bond motifs is 1. The second-order valence-corrected chi connectivity index (χ2v) is 8.34. The summed E-state index contributed by atoms with van der Waals surface area (Å²) in [5.74, 6) is -0.166. The molecule has 9 heteroatoms. The minimum absolute atomic E-state index is 0.127. The predicted molar refractivity (Wildman–Crippen MR) is 118 cm³/mol. The Morgan fingerprint density at radius 3 is 2.87 bits per heavy atom. The van der Waals surface area contributed by atoms with Gasteiger partial charge in [0.2, 0.25) is 17.8 Å². The Labute approximate surface area is 180 Å². The first-order valence-electron chi connectivity index (χ1n) is 10.5. The molecule has 3 heterocycles. The standard InChI is InChI=1S/C22H27N5O4/c1-12-6-7-16(31-3)15(9-12)23-20(29)14-10-17(28)24-19-18(14)21(30)26-22(25-19)27-8-4-5-13(2)11-27/h6-7,9,13-14H,4-5,8,10-11H2,1-3H3,(H,23,29)(H2,24,25,26,28,30). The molecular weight excluding hydrogens is 398 g/mol. The number of aryl methyl sites for hydroxylation is 1. The number of H-pyrrole nitrogens is 1. The summed E-state index contributed by atoms with van der Waals surface area (Å²) in [7, 11) is 1.52. The maximum atomic E-state index is 13.1. The number of piperidine rings is 1. The van der Waals surface area contributed by atoms with Gasteiger partial charge in [-0.15, -0.1) is 0 Å². The minimum Gasteiger partial charge on any atom is -0.495 e. The molecule has 0 bridgehead atoms. The molecule has 164 valence electrons. The van der Waals surface area contributed by atoms with Crippen LogP contribution in [0.15, 0.2) is 23.0 Å². The number of carbonyl (C=O) groups is 2. The van der Waals surface area contributed by atoms with Crippen LogP contribution in [-0.2, 0) is 9.59 Å². The van der Waals surface area contributed by atoms with E-state index >= 15 is 0 Å². The van der Waals surface area contributed by atoms with Crippen LogP contribution in [0.3, 0.4) is 0 Å². The van der Waals surface area contributed by atoms with Crippen LogP contribution >= 0.6 is 0 Å². The lowest BCUT2D eigenvalue weighted by Crippen LogP contribution is -2.40. The lowest BCUT2D eigenvalue weighted by Gasteiger charge is -2.32. The normalized spacial score (nSPS) is 20.6. The van der Waals surface area contributed by atoms with E-state index in [-0.39, 0.29) is 23.7 Å². The van der Waals surface area contributed by atoms with E-state index in [9.17, 15) is 14.4 Å². The second-order valence-electron chi connectivity index (χ2n) is 8.34. The zero-order valence-electron chi connectivity index (χ0n) is 17.9. The summed E-state index contributed by atoms with van der Waals surface area (Å²) in [6.07, 6.45) is 2.02. The van der Waals surface area contributed by atoms with Crippen LogP contribution in [0.5, 0.6) is 5.75 Å². The van der Waals surface area contributed by atoms with Gasteiger partial charge in [0, 0.05) is 19.5 Å². The number of methoxy groups -OCH3 is 1. The summed E-state index contributed by atoms with van der Waals surface area (Å²) in [4.78, 5) is 47.8. The van der Waals surface area contributed by atoms with Crippen molar-refractivity contribution in [3.05, 3.63) is 39.7 Å². The summed E-state index contributed by atoms with van der Waals surface area (Å²) < 4.78 is 5.31. The molecule has 2 aromatic rings. The Bertz CT molecular complexity index is 1080. The largest absolute Gasteiger partial charge is 0.495 e. The number of anilines is 3. The van der Waals surface area contributed by atoms with Gasteiger partial charge >= 0.3 is 0 Å². The van der Waals surface area contributed by atoms with Crippen LogP contribution in [0.25, 0.3) is 0 Å². The van der Waals surface area contributed by atoms with E-state index in [1.54, 1.807) is 12.1 Å². The zero-order valence-corrected chi connectivity index (χ0v) is 17.9. The molecule has 31 heavy (non-hydrogen) atoms. The number of nitrogens with zero attached hydrogens (tertiary/aromatic N) is 2. The molecule has 0 radical (unpaired) electrons. The molecule has 1 fully saturated rings. The first-order valence-corrected chi connectivity index (χ1v) is 10.5. The second kappa shape index (κ2) is 8.41. The van der Waals surface area contributed by atoms with E-state index < -0.39 is 17.4 Å². The molecule has 2 aliphatic rings. The highest BCUT2D eigenvalue weighted by Crippen LogP contribution is 2.32. The maximum Gasteiger partial charge on any atom is 0.258 e. The van der Waals surface area contributed by atoms with Crippen LogP contribution in [0, 0.1) is 12.8 Å². The van der Waals surface area contributed by atoms with Gasteiger partial charge < -0.3 is 20.3 Å². The number of hydrogen-bond acceptors (Lipinski definition) is 6. The number of amides is 2. The fourth-order valence-corrected chi connectivity index (χ4v) is 4.25. The summed E-state index contributed by atoms with van der Waals surface area (Å²) in [6, 6.07) is 5.41. The topological polar surface area (TPSA) is 116 Å². The van der Waals surface area contributed by atoms with Crippen molar-refractivity contribution in [2.75, 3.05) is 35.7 Å². The van der Waals surface area contributed by atoms with Crippen molar-refractivity contribution in [1.29, 1.82) is 0 Å². The molecule has 3 N–H and O–H groups in total. The molecule has 1 aromatic heterocycles. The molecule has 0 saturated carbocycles. The fraction of sp³-hybridized carbons (Fsp3) is 0.455. The zero-order chi connectivity index (χ0) is 22.1. The van der Waals surface area contributed by atoms with Gasteiger partial charge in [0.25, 0.3) is 5.56 Å². The van der Waals surface area contributed by atoms with Crippen molar-refractivity contribution >= 4 is 29.3 Å². The predicted octanol–water partition coefficient (Wildman–Crippen LogP) is 2.39. The molecule has 2 unspecified atom stereocenters. The average Bonchev–Trinajstić information content (AvgIpc) is 2.73. The smallest absolute Gasteiger partial charge is 0.258 e. The first kappa shape index (κ1) is 20.9. The van der Waals surface area contributed by atoms with Gasteiger partial charge in [-0.1, -0.05) is 13.0 Å². The third-order valence-electron chi connectivity index (χ3n) is 5.82. The van der Waals surface area contributed by atoms with E-state index in [0.29, 0.717) is 23.3 Å². The Morgan fingerprint density at radius 1 is 1.32 bits per heavy atom. The molecule has 2 amide bonds. The molecule has 2 atom stereocenters. The van der Waals surface area contributed by atoms with Gasteiger partial charge in [0.15, 0.2) is 0 Å². The minimum atomic E-state index is -0.945. The molecule has 4 rings (SSSR count). The summed E-state index contributed by atoms with van der Waals surface area (Å²) >= 11 is 0. The third-order valence-corrected chi connectivity index (χ3v) is 5.82. The Hall–Kier alpha value is -3.36. The van der Waals surface area contributed by atoms with E-state index in [1.165, 1.54) is 7.11 Å². The number of rotatable bonds is 4. The van der Waals surface area contributed by atoms with Crippen LogP contribution in [0.1, 0.15) is 43.2 Å². The number of benzene rings is 1. The molecule has 0 aliphatic carbocycles. The first-order chi connectivity index (χ1) is 14.9. The monoisotopic (exact) mass is 425 g/mol. The fourth-order valence-electron chi connectivity index (χ4n) is 4.25. The van der Waals surface area contributed by atoms with Gasteiger partial charge in [-0.3, -0.25) is 19.4 Å². The van der Waals surface area contributed by atoms with Crippen molar-refractivity contribution in [2.24, 2.45) is 5.92 Å². The highest BCUT2D eigenvalue weighted by atomic mass is 16.5. The highest BCUT2D eigenvalue weighted by molar-refractivity contribution is 6.05. The van der Waals surface area contributed by atoms with Crippen LogP contribution in [0.2, 0.25) is 0 Å². The van der Waals surface area contributed by atoms with Crippen LogP contribution < -0.4 is 25.8 Å². The quantitative estimate of drug-likeness (QED) is 0.693. The van der Waals surface area contributed by atoms with Gasteiger partial charge in [-0.2, -0.15) is 4.98 Å². The van der Waals surface area contributed by atoms with E-state index in [0.717, 1.165) is 31.5 Å².